The molecule has 1 N–H and O–H groups in total. The van der Waals surface area contributed by atoms with E-state index in [0.29, 0.717) is 19.4 Å². The first kappa shape index (κ1) is 25.2. The van der Waals surface area contributed by atoms with Gasteiger partial charge in [0.25, 0.3) is 5.91 Å². The number of rotatable bonds is 6. The molecule has 1 spiro atoms. The number of amides is 4. The van der Waals surface area contributed by atoms with Gasteiger partial charge in [-0.1, -0.05) is 56.0 Å². The number of benzene rings is 1. The summed E-state index contributed by atoms with van der Waals surface area (Å²) in [6.45, 7) is 3.74. The minimum absolute atomic E-state index is 0.0326. The lowest BCUT2D eigenvalue weighted by molar-refractivity contribution is -0.136. The van der Waals surface area contributed by atoms with Crippen molar-refractivity contribution < 1.29 is 14.4 Å². The maximum Gasteiger partial charge on any atom is 0.325 e. The first-order valence-corrected chi connectivity index (χ1v) is 14.0. The molecule has 1 saturated carbocycles. The molecule has 0 unspecified atom stereocenters. The molecule has 3 atom stereocenters. The topological polar surface area (TPSA) is 73.0 Å². The number of hydrogen-bond donors (Lipinski definition) is 1. The third kappa shape index (κ3) is 4.55. The lowest BCUT2D eigenvalue weighted by atomic mass is 9.84. The van der Waals surface area contributed by atoms with Crippen molar-refractivity contribution in [2.75, 3.05) is 20.1 Å². The number of urea groups is 1. The van der Waals surface area contributed by atoms with Gasteiger partial charge < -0.3 is 10.2 Å². The molecule has 5 rings (SSSR count). The van der Waals surface area contributed by atoms with Crippen molar-refractivity contribution >= 4 is 17.8 Å². The van der Waals surface area contributed by atoms with Crippen molar-refractivity contribution in [3.63, 3.8) is 0 Å². The number of likely N-dealkylation sites (tertiary alicyclic amines) is 2. The molecule has 7 heteroatoms. The van der Waals surface area contributed by atoms with E-state index in [9.17, 15) is 14.4 Å². The highest BCUT2D eigenvalue weighted by molar-refractivity contribution is 6.07. The predicted molar refractivity (Wildman–Crippen MR) is 139 cm³/mol. The van der Waals surface area contributed by atoms with Crippen LogP contribution >= 0.6 is 0 Å². The van der Waals surface area contributed by atoms with Gasteiger partial charge in [0.15, 0.2) is 0 Å². The van der Waals surface area contributed by atoms with Gasteiger partial charge in [0, 0.05) is 24.5 Å². The molecule has 4 fully saturated rings. The summed E-state index contributed by atoms with van der Waals surface area (Å²) in [4.78, 5) is 45.5. The Morgan fingerprint density at radius 2 is 1.81 bits per heavy atom. The first-order chi connectivity index (χ1) is 17.3. The normalized spacial score (nSPS) is 30.4. The summed E-state index contributed by atoms with van der Waals surface area (Å²) in [5.74, 6) is 0.0797. The standard InChI is InChI=1S/C29H42N4O3/c1-28-21-23(20-22-12-5-3-6-13-22)33(24(28)14-7-4-10-18-31(28)2)25(34)15-11-19-32-26(35)29(30-27(32)36)16-8-9-17-29/h3,5-6,12-13,23-24H,4,7-11,14-21H2,1-2H3,(H,30,36)/t23-,24+,28+/m1/s1. The lowest BCUT2D eigenvalue weighted by Gasteiger charge is -2.44. The molecule has 0 radical (unpaired) electrons. The van der Waals surface area contributed by atoms with Crippen LogP contribution in [0.15, 0.2) is 30.3 Å². The van der Waals surface area contributed by atoms with Crippen LogP contribution in [0.25, 0.3) is 0 Å². The van der Waals surface area contributed by atoms with Crippen LogP contribution in [0.2, 0.25) is 0 Å². The van der Waals surface area contributed by atoms with Crippen LogP contribution in [-0.2, 0) is 16.0 Å². The Hall–Kier alpha value is -2.41. The summed E-state index contributed by atoms with van der Waals surface area (Å²) in [5.41, 5.74) is 0.555. The van der Waals surface area contributed by atoms with Gasteiger partial charge in [0.2, 0.25) is 5.91 Å². The Kier molecular flexibility index (Phi) is 7.12. The van der Waals surface area contributed by atoms with Crippen LogP contribution in [0.5, 0.6) is 0 Å². The van der Waals surface area contributed by atoms with Crippen molar-refractivity contribution in [1.82, 2.24) is 20.0 Å². The van der Waals surface area contributed by atoms with E-state index in [2.05, 4.69) is 53.4 Å². The molecule has 4 aliphatic rings. The summed E-state index contributed by atoms with van der Waals surface area (Å²) in [6, 6.07) is 10.6. The first-order valence-electron chi connectivity index (χ1n) is 14.0. The zero-order chi connectivity index (χ0) is 25.3. The Bertz CT molecular complexity index is 976. The summed E-state index contributed by atoms with van der Waals surface area (Å²) < 4.78 is 0. The number of imide groups is 1. The number of carbonyl (C=O) groups excluding carboxylic acids is 3. The highest BCUT2D eigenvalue weighted by atomic mass is 16.2. The van der Waals surface area contributed by atoms with E-state index in [4.69, 9.17) is 0 Å². The summed E-state index contributed by atoms with van der Waals surface area (Å²) in [7, 11) is 2.22. The van der Waals surface area contributed by atoms with Crippen LogP contribution in [0, 0.1) is 0 Å². The number of likely N-dealkylation sites (N-methyl/N-ethyl adjacent to an activating group) is 1. The molecular formula is C29H42N4O3. The Labute approximate surface area is 215 Å². The molecule has 0 bridgehead atoms. The van der Waals surface area contributed by atoms with Gasteiger partial charge in [0.05, 0.1) is 6.04 Å². The van der Waals surface area contributed by atoms with Gasteiger partial charge in [-0.3, -0.25) is 19.4 Å². The van der Waals surface area contributed by atoms with E-state index in [1.54, 1.807) is 0 Å². The fraction of sp³-hybridized carbons (Fsp3) is 0.690. The highest BCUT2D eigenvalue weighted by Crippen LogP contribution is 2.43. The molecule has 0 aromatic heterocycles. The van der Waals surface area contributed by atoms with Crippen LogP contribution in [0.1, 0.15) is 83.1 Å². The summed E-state index contributed by atoms with van der Waals surface area (Å²) in [5, 5.41) is 2.95. The third-order valence-electron chi connectivity index (χ3n) is 9.52. The maximum atomic E-state index is 13.8. The van der Waals surface area contributed by atoms with Crippen molar-refractivity contribution in [2.45, 2.75) is 107 Å². The van der Waals surface area contributed by atoms with E-state index in [0.717, 1.165) is 57.9 Å². The van der Waals surface area contributed by atoms with Gasteiger partial charge in [-0.15, -0.1) is 0 Å². The summed E-state index contributed by atoms with van der Waals surface area (Å²) in [6.07, 6.45) is 10.7. The quantitative estimate of drug-likeness (QED) is 0.604. The predicted octanol–water partition coefficient (Wildman–Crippen LogP) is 4.11. The maximum absolute atomic E-state index is 13.8. The average molecular weight is 495 g/mol. The van der Waals surface area contributed by atoms with Crippen molar-refractivity contribution in [1.29, 1.82) is 0 Å². The fourth-order valence-corrected chi connectivity index (χ4v) is 7.39. The van der Waals surface area contributed by atoms with E-state index in [-0.39, 0.29) is 35.5 Å². The molecular weight excluding hydrogens is 452 g/mol. The molecule has 4 amide bonds. The van der Waals surface area contributed by atoms with Crippen LogP contribution < -0.4 is 5.32 Å². The van der Waals surface area contributed by atoms with E-state index < -0.39 is 5.54 Å². The minimum Gasteiger partial charge on any atom is -0.334 e. The van der Waals surface area contributed by atoms with E-state index in [1.165, 1.54) is 23.3 Å². The van der Waals surface area contributed by atoms with Gasteiger partial charge in [-0.2, -0.15) is 0 Å². The van der Waals surface area contributed by atoms with Crippen molar-refractivity contribution in [2.24, 2.45) is 0 Å². The smallest absolute Gasteiger partial charge is 0.325 e. The minimum atomic E-state index is -0.678. The van der Waals surface area contributed by atoms with Crippen LogP contribution in [0.3, 0.4) is 0 Å². The van der Waals surface area contributed by atoms with Gasteiger partial charge >= 0.3 is 6.03 Å². The largest absolute Gasteiger partial charge is 0.334 e. The van der Waals surface area contributed by atoms with Crippen molar-refractivity contribution in [3.05, 3.63) is 35.9 Å². The third-order valence-corrected chi connectivity index (χ3v) is 9.52. The molecule has 196 valence electrons. The second kappa shape index (κ2) is 10.2. The molecule has 1 aromatic carbocycles. The monoisotopic (exact) mass is 494 g/mol. The number of carbonyl (C=O) groups is 3. The fourth-order valence-electron chi connectivity index (χ4n) is 7.39. The Morgan fingerprint density at radius 1 is 1.06 bits per heavy atom. The average Bonchev–Trinajstić information content (AvgIpc) is 3.50. The summed E-state index contributed by atoms with van der Waals surface area (Å²) >= 11 is 0. The Balaban J connectivity index is 1.29. The second-order valence-corrected chi connectivity index (χ2v) is 11.8. The molecule has 7 nitrogen and oxygen atoms in total. The molecule has 1 aliphatic carbocycles. The van der Waals surface area contributed by atoms with E-state index in [1.807, 2.05) is 6.07 Å². The SMILES string of the molecule is CN1CCCCC[C@@H]2N(C(=O)CCCN3C(=O)NC4(CCCC4)C3=O)[C@H](Cc3ccccc3)C[C@@]21C. The van der Waals surface area contributed by atoms with Gasteiger partial charge in [-0.05, 0) is 71.0 Å². The Morgan fingerprint density at radius 3 is 2.56 bits per heavy atom. The van der Waals surface area contributed by atoms with Gasteiger partial charge in [0.1, 0.15) is 5.54 Å². The van der Waals surface area contributed by atoms with Crippen LogP contribution in [0.4, 0.5) is 4.79 Å². The molecule has 1 aromatic rings. The number of nitrogens with zero attached hydrogens (tertiary/aromatic N) is 3. The molecule has 3 saturated heterocycles. The number of fused-ring (bicyclic) bond motifs is 1. The molecule has 36 heavy (non-hydrogen) atoms. The van der Waals surface area contributed by atoms with Crippen LogP contribution in [-0.4, -0.2) is 75.8 Å². The molecule has 3 aliphatic heterocycles. The van der Waals surface area contributed by atoms with Gasteiger partial charge in [-0.25, -0.2) is 4.79 Å². The number of hydrogen-bond acceptors (Lipinski definition) is 4. The lowest BCUT2D eigenvalue weighted by Crippen LogP contribution is -2.55. The zero-order valence-corrected chi connectivity index (χ0v) is 22.0. The molecule has 3 heterocycles. The van der Waals surface area contributed by atoms with Crippen molar-refractivity contribution in [3.8, 4) is 0 Å². The van der Waals surface area contributed by atoms with E-state index >= 15 is 0 Å². The number of nitrogens with one attached hydrogen (secondary N) is 1. The second-order valence-electron chi connectivity index (χ2n) is 11.8. The highest BCUT2D eigenvalue weighted by Gasteiger charge is 2.54. The zero-order valence-electron chi connectivity index (χ0n) is 22.0.